The number of anilines is 1. The van der Waals surface area contributed by atoms with Crippen molar-refractivity contribution in [3.05, 3.63) is 59.2 Å². The van der Waals surface area contributed by atoms with Gasteiger partial charge in [0.1, 0.15) is 5.82 Å². The Balaban J connectivity index is 2.09. The van der Waals surface area contributed by atoms with Gasteiger partial charge in [-0.3, -0.25) is 0 Å². The summed E-state index contributed by atoms with van der Waals surface area (Å²) in [5, 5.41) is 0.664. The fraction of sp³-hybridized carbons (Fsp3) is 0.154. The molecule has 0 aliphatic rings. The molecule has 0 aliphatic carbocycles. The monoisotopic (exact) mass is 232 g/mol. The smallest absolute Gasteiger partial charge is 0.128 e. The predicted molar refractivity (Wildman–Crippen MR) is 67.8 cm³/mol. The minimum absolute atomic E-state index is 0.664. The molecule has 1 aromatic carbocycles. The summed E-state index contributed by atoms with van der Waals surface area (Å²) < 4.78 is 0. The molecule has 1 heterocycles. The quantitative estimate of drug-likeness (QED) is 0.807. The zero-order valence-electron chi connectivity index (χ0n) is 9.10. The summed E-state index contributed by atoms with van der Waals surface area (Å²) >= 11 is 5.80. The maximum absolute atomic E-state index is 5.80. The highest BCUT2D eigenvalue weighted by molar-refractivity contribution is 6.30. The molecule has 0 atom stereocenters. The minimum atomic E-state index is 0.664. The fourth-order valence-electron chi connectivity index (χ4n) is 1.53. The SMILES string of the molecule is CN(Cc1ccccc1)c1ccc(Cl)cn1. The highest BCUT2D eigenvalue weighted by Gasteiger charge is 2.02. The summed E-state index contributed by atoms with van der Waals surface area (Å²) in [5.41, 5.74) is 1.27. The highest BCUT2D eigenvalue weighted by Crippen LogP contribution is 2.15. The lowest BCUT2D eigenvalue weighted by molar-refractivity contribution is 0.898. The number of halogens is 1. The van der Waals surface area contributed by atoms with Gasteiger partial charge >= 0.3 is 0 Å². The molecule has 2 nitrogen and oxygen atoms in total. The summed E-state index contributed by atoms with van der Waals surface area (Å²) in [6, 6.07) is 14.1. The Kier molecular flexibility index (Phi) is 3.42. The van der Waals surface area contributed by atoms with Crippen molar-refractivity contribution >= 4 is 17.4 Å². The van der Waals surface area contributed by atoms with Crippen LogP contribution in [0.4, 0.5) is 5.82 Å². The molecule has 0 unspecified atom stereocenters. The van der Waals surface area contributed by atoms with E-state index >= 15 is 0 Å². The van der Waals surface area contributed by atoms with Gasteiger partial charge in [0.05, 0.1) is 5.02 Å². The number of pyridine rings is 1. The largest absolute Gasteiger partial charge is 0.355 e. The van der Waals surface area contributed by atoms with Gasteiger partial charge in [0, 0.05) is 19.8 Å². The molecule has 0 fully saturated rings. The van der Waals surface area contributed by atoms with E-state index in [-0.39, 0.29) is 0 Å². The van der Waals surface area contributed by atoms with Gasteiger partial charge in [-0.1, -0.05) is 41.9 Å². The Morgan fingerprint density at radius 2 is 1.88 bits per heavy atom. The van der Waals surface area contributed by atoms with Crippen molar-refractivity contribution in [1.29, 1.82) is 0 Å². The first-order valence-electron chi connectivity index (χ1n) is 5.12. The first-order chi connectivity index (χ1) is 7.75. The van der Waals surface area contributed by atoms with Crippen LogP contribution in [0.3, 0.4) is 0 Å². The summed E-state index contributed by atoms with van der Waals surface area (Å²) in [4.78, 5) is 6.36. The normalized spacial score (nSPS) is 10.1. The molecule has 3 heteroatoms. The van der Waals surface area contributed by atoms with Crippen molar-refractivity contribution in [3.63, 3.8) is 0 Å². The number of nitrogens with zero attached hydrogens (tertiary/aromatic N) is 2. The fourth-order valence-corrected chi connectivity index (χ4v) is 1.64. The van der Waals surface area contributed by atoms with Crippen LogP contribution in [0.25, 0.3) is 0 Å². The molecule has 16 heavy (non-hydrogen) atoms. The van der Waals surface area contributed by atoms with E-state index in [1.165, 1.54) is 5.56 Å². The summed E-state index contributed by atoms with van der Waals surface area (Å²) in [6.45, 7) is 0.843. The summed E-state index contributed by atoms with van der Waals surface area (Å²) in [7, 11) is 2.02. The van der Waals surface area contributed by atoms with Gasteiger partial charge in [0.25, 0.3) is 0 Å². The molecule has 2 aromatic rings. The van der Waals surface area contributed by atoms with E-state index in [2.05, 4.69) is 22.0 Å². The molecule has 0 aliphatic heterocycles. The van der Waals surface area contributed by atoms with Crippen molar-refractivity contribution < 1.29 is 0 Å². The Hall–Kier alpha value is -1.54. The van der Waals surface area contributed by atoms with E-state index in [0.717, 1.165) is 12.4 Å². The number of rotatable bonds is 3. The second kappa shape index (κ2) is 4.99. The second-order valence-electron chi connectivity index (χ2n) is 3.68. The van der Waals surface area contributed by atoms with Crippen molar-refractivity contribution in [2.24, 2.45) is 0 Å². The van der Waals surface area contributed by atoms with Crippen LogP contribution < -0.4 is 4.90 Å². The van der Waals surface area contributed by atoms with Gasteiger partial charge in [-0.25, -0.2) is 4.98 Å². The average Bonchev–Trinajstić information content (AvgIpc) is 2.31. The average molecular weight is 233 g/mol. The standard InChI is InChI=1S/C13H13ClN2/c1-16(10-11-5-3-2-4-6-11)13-8-7-12(14)9-15-13/h2-9H,10H2,1H3. The molecule has 0 saturated carbocycles. The van der Waals surface area contributed by atoms with Gasteiger partial charge < -0.3 is 4.90 Å². The van der Waals surface area contributed by atoms with Crippen LogP contribution >= 0.6 is 11.6 Å². The molecule has 0 spiro atoms. The van der Waals surface area contributed by atoms with Crippen molar-refractivity contribution in [2.45, 2.75) is 6.54 Å². The third-order valence-electron chi connectivity index (χ3n) is 2.37. The van der Waals surface area contributed by atoms with Crippen LogP contribution in [0.15, 0.2) is 48.7 Å². The Morgan fingerprint density at radius 3 is 2.50 bits per heavy atom. The Morgan fingerprint density at radius 1 is 1.12 bits per heavy atom. The van der Waals surface area contributed by atoms with Gasteiger partial charge in [0.2, 0.25) is 0 Å². The third-order valence-corrected chi connectivity index (χ3v) is 2.59. The highest BCUT2D eigenvalue weighted by atomic mass is 35.5. The van der Waals surface area contributed by atoms with Gasteiger partial charge in [0.15, 0.2) is 0 Å². The van der Waals surface area contributed by atoms with E-state index in [1.807, 2.05) is 37.4 Å². The maximum atomic E-state index is 5.80. The summed E-state index contributed by atoms with van der Waals surface area (Å²) in [6.07, 6.45) is 1.67. The third kappa shape index (κ3) is 2.74. The van der Waals surface area contributed by atoms with Crippen molar-refractivity contribution in [1.82, 2.24) is 4.98 Å². The first-order valence-corrected chi connectivity index (χ1v) is 5.50. The van der Waals surface area contributed by atoms with Crippen LogP contribution in [0.1, 0.15) is 5.56 Å². The van der Waals surface area contributed by atoms with E-state index in [9.17, 15) is 0 Å². The molecular formula is C13H13ClN2. The molecule has 2 rings (SSSR count). The molecule has 0 radical (unpaired) electrons. The topological polar surface area (TPSA) is 16.1 Å². The number of aromatic nitrogens is 1. The molecule has 1 aromatic heterocycles. The zero-order chi connectivity index (χ0) is 11.4. The van der Waals surface area contributed by atoms with Gasteiger partial charge in [-0.2, -0.15) is 0 Å². The molecule has 0 N–H and O–H groups in total. The minimum Gasteiger partial charge on any atom is -0.355 e. The molecular weight excluding hydrogens is 220 g/mol. The first kappa shape index (κ1) is 11.0. The molecule has 0 saturated heterocycles. The van der Waals surface area contributed by atoms with Crippen LogP contribution in [-0.2, 0) is 6.54 Å². The molecule has 0 amide bonds. The number of hydrogen-bond donors (Lipinski definition) is 0. The zero-order valence-corrected chi connectivity index (χ0v) is 9.85. The number of benzene rings is 1. The predicted octanol–water partition coefficient (Wildman–Crippen LogP) is 3.37. The van der Waals surface area contributed by atoms with E-state index in [0.29, 0.717) is 5.02 Å². The van der Waals surface area contributed by atoms with Crippen LogP contribution in [0.5, 0.6) is 0 Å². The molecule has 0 bridgehead atoms. The maximum Gasteiger partial charge on any atom is 0.128 e. The van der Waals surface area contributed by atoms with Gasteiger partial charge in [-0.15, -0.1) is 0 Å². The molecule has 82 valence electrons. The second-order valence-corrected chi connectivity index (χ2v) is 4.11. The van der Waals surface area contributed by atoms with Crippen LogP contribution in [0, 0.1) is 0 Å². The van der Waals surface area contributed by atoms with Crippen LogP contribution in [-0.4, -0.2) is 12.0 Å². The lowest BCUT2D eigenvalue weighted by Gasteiger charge is -2.17. The Bertz CT molecular complexity index is 439. The number of hydrogen-bond acceptors (Lipinski definition) is 2. The Labute approximate surface area is 101 Å². The van der Waals surface area contributed by atoms with Gasteiger partial charge in [-0.05, 0) is 17.7 Å². The lowest BCUT2D eigenvalue weighted by Crippen LogP contribution is -2.17. The van der Waals surface area contributed by atoms with E-state index in [4.69, 9.17) is 11.6 Å². The lowest BCUT2D eigenvalue weighted by atomic mass is 10.2. The van der Waals surface area contributed by atoms with Crippen LogP contribution in [0.2, 0.25) is 5.02 Å². The van der Waals surface area contributed by atoms with Crippen molar-refractivity contribution in [3.8, 4) is 0 Å². The van der Waals surface area contributed by atoms with E-state index in [1.54, 1.807) is 6.20 Å². The van der Waals surface area contributed by atoms with E-state index < -0.39 is 0 Å². The van der Waals surface area contributed by atoms with Crippen molar-refractivity contribution in [2.75, 3.05) is 11.9 Å². The summed E-state index contributed by atoms with van der Waals surface area (Å²) in [5.74, 6) is 0.924.